The van der Waals surface area contributed by atoms with Crippen LogP contribution in [0, 0.1) is 12.8 Å². The van der Waals surface area contributed by atoms with Gasteiger partial charge in [-0.15, -0.1) is 0 Å². The van der Waals surface area contributed by atoms with E-state index < -0.39 is 0 Å². The Bertz CT molecular complexity index is 677. The molecule has 1 aromatic carbocycles. The highest BCUT2D eigenvalue weighted by Crippen LogP contribution is 2.34. The Hall–Kier alpha value is -2.07. The third-order valence-electron chi connectivity index (χ3n) is 4.80. The standard InChI is InChI=1S/C21H28N2O2/c1-4-24-19-7-8-20(18-6-5-16(2)22-14-18)21(13-19)25-15-17-9-11-23(3)12-10-17/h5-8,13-14,17H,4,9-12,15H2,1-3H3. The normalized spacial score (nSPS) is 16.0. The topological polar surface area (TPSA) is 34.6 Å². The van der Waals surface area contributed by atoms with Crippen molar-refractivity contribution in [2.24, 2.45) is 5.92 Å². The summed E-state index contributed by atoms with van der Waals surface area (Å²) in [6.07, 6.45) is 4.31. The summed E-state index contributed by atoms with van der Waals surface area (Å²) in [5, 5.41) is 0. The lowest BCUT2D eigenvalue weighted by Crippen LogP contribution is -2.32. The van der Waals surface area contributed by atoms with Crippen LogP contribution >= 0.6 is 0 Å². The van der Waals surface area contributed by atoms with Crippen LogP contribution in [0.25, 0.3) is 11.1 Å². The Morgan fingerprint density at radius 3 is 2.60 bits per heavy atom. The Balaban J connectivity index is 1.78. The Morgan fingerprint density at radius 2 is 1.92 bits per heavy atom. The minimum Gasteiger partial charge on any atom is -0.494 e. The van der Waals surface area contributed by atoms with Crippen molar-refractivity contribution in [3.8, 4) is 22.6 Å². The molecular weight excluding hydrogens is 312 g/mol. The number of aryl methyl sites for hydroxylation is 1. The molecule has 0 aliphatic carbocycles. The minimum absolute atomic E-state index is 0.621. The van der Waals surface area contributed by atoms with Gasteiger partial charge in [-0.1, -0.05) is 6.07 Å². The molecule has 134 valence electrons. The average Bonchev–Trinajstić information content (AvgIpc) is 2.63. The second-order valence-corrected chi connectivity index (χ2v) is 6.84. The smallest absolute Gasteiger partial charge is 0.130 e. The van der Waals surface area contributed by atoms with Crippen molar-refractivity contribution in [3.05, 3.63) is 42.2 Å². The van der Waals surface area contributed by atoms with Crippen LogP contribution in [-0.4, -0.2) is 43.2 Å². The lowest BCUT2D eigenvalue weighted by Gasteiger charge is -2.29. The zero-order valence-corrected chi connectivity index (χ0v) is 15.5. The summed E-state index contributed by atoms with van der Waals surface area (Å²) in [4.78, 5) is 6.81. The van der Waals surface area contributed by atoms with Crippen LogP contribution in [0.2, 0.25) is 0 Å². The number of hydrogen-bond donors (Lipinski definition) is 0. The van der Waals surface area contributed by atoms with Gasteiger partial charge in [-0.2, -0.15) is 0 Å². The van der Waals surface area contributed by atoms with Crippen LogP contribution in [0.4, 0.5) is 0 Å². The maximum atomic E-state index is 6.26. The molecule has 4 heteroatoms. The minimum atomic E-state index is 0.621. The van der Waals surface area contributed by atoms with E-state index in [1.807, 2.05) is 38.2 Å². The summed E-state index contributed by atoms with van der Waals surface area (Å²) in [6.45, 7) is 7.72. The molecule has 0 amide bonds. The molecule has 2 aromatic rings. The first-order valence-electron chi connectivity index (χ1n) is 9.17. The van der Waals surface area contributed by atoms with Crippen molar-refractivity contribution in [3.63, 3.8) is 0 Å². The summed E-state index contributed by atoms with van der Waals surface area (Å²) < 4.78 is 11.9. The van der Waals surface area contributed by atoms with E-state index in [0.717, 1.165) is 48.0 Å². The van der Waals surface area contributed by atoms with Gasteiger partial charge in [0, 0.05) is 29.1 Å². The molecule has 0 atom stereocenters. The molecule has 1 fully saturated rings. The molecular formula is C21H28N2O2. The first kappa shape index (κ1) is 17.7. The third kappa shape index (κ3) is 4.73. The van der Waals surface area contributed by atoms with Crippen molar-refractivity contribution in [1.29, 1.82) is 0 Å². The van der Waals surface area contributed by atoms with Gasteiger partial charge in [0.1, 0.15) is 11.5 Å². The van der Waals surface area contributed by atoms with Gasteiger partial charge in [-0.05, 0) is 70.9 Å². The zero-order valence-electron chi connectivity index (χ0n) is 15.5. The van der Waals surface area contributed by atoms with Gasteiger partial charge >= 0.3 is 0 Å². The summed E-state index contributed by atoms with van der Waals surface area (Å²) >= 11 is 0. The Morgan fingerprint density at radius 1 is 1.12 bits per heavy atom. The molecule has 1 saturated heterocycles. The molecule has 0 radical (unpaired) electrons. The van der Waals surface area contributed by atoms with Crippen LogP contribution < -0.4 is 9.47 Å². The molecule has 0 spiro atoms. The summed E-state index contributed by atoms with van der Waals surface area (Å²) in [6, 6.07) is 10.2. The van der Waals surface area contributed by atoms with Crippen molar-refractivity contribution < 1.29 is 9.47 Å². The molecule has 0 unspecified atom stereocenters. The summed E-state index contributed by atoms with van der Waals surface area (Å²) in [5.41, 5.74) is 3.17. The van der Waals surface area contributed by atoms with E-state index in [9.17, 15) is 0 Å². The fraction of sp³-hybridized carbons (Fsp3) is 0.476. The SMILES string of the molecule is CCOc1ccc(-c2ccc(C)nc2)c(OCC2CCN(C)CC2)c1. The van der Waals surface area contributed by atoms with Crippen molar-refractivity contribution in [2.75, 3.05) is 33.4 Å². The Labute approximate surface area is 150 Å². The van der Waals surface area contributed by atoms with Crippen molar-refractivity contribution in [1.82, 2.24) is 9.88 Å². The number of ether oxygens (including phenoxy) is 2. The monoisotopic (exact) mass is 340 g/mol. The molecule has 1 aliphatic heterocycles. The number of benzene rings is 1. The maximum Gasteiger partial charge on any atom is 0.130 e. The summed E-state index contributed by atoms with van der Waals surface area (Å²) in [7, 11) is 2.19. The molecule has 2 heterocycles. The predicted octanol–water partition coefficient (Wildman–Crippen LogP) is 4.18. The zero-order chi connectivity index (χ0) is 17.6. The number of piperidine rings is 1. The van der Waals surface area contributed by atoms with Crippen molar-refractivity contribution in [2.45, 2.75) is 26.7 Å². The molecule has 0 bridgehead atoms. The number of aromatic nitrogens is 1. The molecule has 3 rings (SSSR count). The van der Waals surface area contributed by atoms with Crippen LogP contribution in [0.5, 0.6) is 11.5 Å². The van der Waals surface area contributed by atoms with E-state index in [-0.39, 0.29) is 0 Å². The van der Waals surface area contributed by atoms with Gasteiger partial charge in [0.2, 0.25) is 0 Å². The van der Waals surface area contributed by atoms with Crippen LogP contribution in [0.15, 0.2) is 36.5 Å². The quantitative estimate of drug-likeness (QED) is 0.790. The molecule has 0 saturated carbocycles. The number of nitrogens with zero attached hydrogens (tertiary/aromatic N) is 2. The fourth-order valence-electron chi connectivity index (χ4n) is 3.18. The van der Waals surface area contributed by atoms with Crippen LogP contribution in [-0.2, 0) is 0 Å². The highest BCUT2D eigenvalue weighted by molar-refractivity contribution is 5.71. The largest absolute Gasteiger partial charge is 0.494 e. The van der Waals surface area contributed by atoms with E-state index >= 15 is 0 Å². The first-order valence-corrected chi connectivity index (χ1v) is 9.17. The fourth-order valence-corrected chi connectivity index (χ4v) is 3.18. The van der Waals surface area contributed by atoms with Crippen LogP contribution in [0.1, 0.15) is 25.5 Å². The van der Waals surface area contributed by atoms with Crippen LogP contribution in [0.3, 0.4) is 0 Å². The molecule has 25 heavy (non-hydrogen) atoms. The van der Waals surface area contributed by atoms with E-state index in [1.54, 1.807) is 0 Å². The van der Waals surface area contributed by atoms with Gasteiger partial charge in [-0.25, -0.2) is 0 Å². The molecule has 4 nitrogen and oxygen atoms in total. The second-order valence-electron chi connectivity index (χ2n) is 6.84. The van der Waals surface area contributed by atoms with E-state index in [1.165, 1.54) is 12.8 Å². The van der Waals surface area contributed by atoms with Gasteiger partial charge in [-0.3, -0.25) is 4.98 Å². The van der Waals surface area contributed by atoms with Gasteiger partial charge in [0.15, 0.2) is 0 Å². The lowest BCUT2D eigenvalue weighted by atomic mass is 9.98. The van der Waals surface area contributed by atoms with Gasteiger partial charge in [0.05, 0.1) is 13.2 Å². The average molecular weight is 340 g/mol. The Kier molecular flexibility index (Phi) is 5.92. The maximum absolute atomic E-state index is 6.26. The van der Waals surface area contributed by atoms with E-state index in [0.29, 0.717) is 12.5 Å². The summed E-state index contributed by atoms with van der Waals surface area (Å²) in [5.74, 6) is 2.36. The highest BCUT2D eigenvalue weighted by Gasteiger charge is 2.18. The molecule has 1 aromatic heterocycles. The highest BCUT2D eigenvalue weighted by atomic mass is 16.5. The number of hydrogen-bond acceptors (Lipinski definition) is 4. The number of likely N-dealkylation sites (tertiary alicyclic amines) is 1. The first-order chi connectivity index (χ1) is 12.2. The van der Waals surface area contributed by atoms with Gasteiger partial charge in [0.25, 0.3) is 0 Å². The lowest BCUT2D eigenvalue weighted by molar-refractivity contribution is 0.160. The molecule has 1 aliphatic rings. The van der Waals surface area contributed by atoms with E-state index in [2.05, 4.69) is 29.1 Å². The number of rotatable bonds is 6. The second kappa shape index (κ2) is 8.34. The van der Waals surface area contributed by atoms with Gasteiger partial charge < -0.3 is 14.4 Å². The van der Waals surface area contributed by atoms with Crippen molar-refractivity contribution >= 4 is 0 Å². The molecule has 0 N–H and O–H groups in total. The number of pyridine rings is 1. The third-order valence-corrected chi connectivity index (χ3v) is 4.80. The van der Waals surface area contributed by atoms with E-state index in [4.69, 9.17) is 9.47 Å². The predicted molar refractivity (Wildman–Crippen MR) is 101 cm³/mol.